The molecular weight excluding hydrogens is 447 g/mol. The first-order chi connectivity index (χ1) is 15.7. The molecule has 1 heterocycles. The molecule has 0 aromatic heterocycles. The van der Waals surface area contributed by atoms with E-state index in [1.807, 2.05) is 13.8 Å². The van der Waals surface area contributed by atoms with Crippen LogP contribution in [0.5, 0.6) is 5.75 Å². The average molecular weight is 475 g/mol. The number of hydrogen-bond donors (Lipinski definition) is 2. The highest BCUT2D eigenvalue weighted by atomic mass is 32.2. The smallest absolute Gasteiger partial charge is 0.341 e. The lowest BCUT2D eigenvalue weighted by molar-refractivity contribution is 0.0692. The number of ether oxygens (including phenoxy) is 1. The summed E-state index contributed by atoms with van der Waals surface area (Å²) < 4.78 is 48.5. The molecule has 2 aromatic rings. The van der Waals surface area contributed by atoms with E-state index in [4.69, 9.17) is 4.74 Å². The fourth-order valence-electron chi connectivity index (χ4n) is 4.25. The van der Waals surface area contributed by atoms with Crippen LogP contribution in [-0.4, -0.2) is 50.6 Å². The minimum Gasteiger partial charge on any atom is -0.492 e. The molecule has 0 saturated heterocycles. The number of benzene rings is 2. The van der Waals surface area contributed by atoms with Gasteiger partial charge in [-0.2, -0.15) is 0 Å². The van der Waals surface area contributed by atoms with Gasteiger partial charge in [0.2, 0.25) is 0 Å². The third-order valence-corrected chi connectivity index (χ3v) is 7.67. The zero-order valence-corrected chi connectivity index (χ0v) is 19.4. The van der Waals surface area contributed by atoms with Gasteiger partial charge in [0.05, 0.1) is 17.2 Å². The van der Waals surface area contributed by atoms with Gasteiger partial charge in [0.15, 0.2) is 0 Å². The maximum absolute atomic E-state index is 13.9. The molecular formula is C24H27FN2O5S. The Balaban J connectivity index is 1.68. The van der Waals surface area contributed by atoms with E-state index in [0.29, 0.717) is 19.1 Å². The van der Waals surface area contributed by atoms with Crippen LogP contribution >= 0.6 is 0 Å². The molecule has 1 saturated carbocycles. The van der Waals surface area contributed by atoms with Crippen molar-refractivity contribution in [2.45, 2.75) is 31.1 Å². The number of nitrogens with one attached hydrogen (secondary N) is 1. The molecule has 176 valence electrons. The van der Waals surface area contributed by atoms with Crippen molar-refractivity contribution in [2.24, 2.45) is 5.92 Å². The second-order valence-corrected chi connectivity index (χ2v) is 9.95. The fraction of sp³-hybridized carbons (Fsp3) is 0.375. The van der Waals surface area contributed by atoms with E-state index < -0.39 is 21.8 Å². The van der Waals surface area contributed by atoms with Gasteiger partial charge in [-0.15, -0.1) is 0 Å². The van der Waals surface area contributed by atoms with Gasteiger partial charge in [0.25, 0.3) is 10.0 Å². The first-order valence-corrected chi connectivity index (χ1v) is 12.5. The van der Waals surface area contributed by atoms with E-state index in [1.165, 1.54) is 12.1 Å². The number of halogens is 1. The van der Waals surface area contributed by atoms with Gasteiger partial charge in [-0.3, -0.25) is 4.72 Å². The lowest BCUT2D eigenvalue weighted by Crippen LogP contribution is -2.22. The van der Waals surface area contributed by atoms with Crippen LogP contribution in [0.1, 0.15) is 47.7 Å². The second-order valence-electron chi connectivity index (χ2n) is 8.30. The molecule has 1 fully saturated rings. The summed E-state index contributed by atoms with van der Waals surface area (Å²) >= 11 is 0. The molecule has 0 unspecified atom stereocenters. The Morgan fingerprint density at radius 1 is 1.27 bits per heavy atom. The monoisotopic (exact) mass is 474 g/mol. The Labute approximate surface area is 192 Å². The van der Waals surface area contributed by atoms with Crippen molar-refractivity contribution < 1.29 is 27.4 Å². The quantitative estimate of drug-likeness (QED) is 0.566. The van der Waals surface area contributed by atoms with E-state index in [2.05, 4.69) is 9.62 Å². The SMILES string of the molecule is CCN(CC)C/C=C\c1cc(F)ccc1S(=O)(=O)Nc1ccc2c(c1C(=O)O)OC[C@H]1C[C@@H]21. The van der Waals surface area contributed by atoms with Crippen molar-refractivity contribution in [3.8, 4) is 5.75 Å². The highest BCUT2D eigenvalue weighted by Gasteiger charge is 2.45. The van der Waals surface area contributed by atoms with Crippen molar-refractivity contribution in [3.63, 3.8) is 0 Å². The number of carbonyl (C=O) groups is 1. The Hall–Kier alpha value is -2.91. The Morgan fingerprint density at radius 3 is 2.73 bits per heavy atom. The number of likely N-dealkylation sites (N-methyl/N-ethyl adjacent to an activating group) is 1. The van der Waals surface area contributed by atoms with Gasteiger partial charge in [0, 0.05) is 12.5 Å². The number of sulfonamides is 1. The lowest BCUT2D eigenvalue weighted by atomic mass is 10.0. The number of carboxylic acids is 1. The normalized spacial score (nSPS) is 19.2. The van der Waals surface area contributed by atoms with E-state index >= 15 is 0 Å². The minimum atomic E-state index is -4.21. The van der Waals surface area contributed by atoms with Crippen LogP contribution in [-0.2, 0) is 10.0 Å². The molecule has 2 N–H and O–H groups in total. The van der Waals surface area contributed by atoms with E-state index in [9.17, 15) is 22.7 Å². The first-order valence-electron chi connectivity index (χ1n) is 11.0. The van der Waals surface area contributed by atoms with Gasteiger partial charge in [-0.1, -0.05) is 32.1 Å². The topological polar surface area (TPSA) is 95.9 Å². The first kappa shape index (κ1) is 23.3. The van der Waals surface area contributed by atoms with E-state index in [-0.39, 0.29) is 33.4 Å². The van der Waals surface area contributed by atoms with Crippen LogP contribution in [0, 0.1) is 11.7 Å². The standard InChI is InChI=1S/C24H27FN2O5S/c1-3-27(4-2)11-5-6-15-12-17(25)7-10-21(15)33(30,31)26-20-9-8-18-19-13-16(19)14-32-23(18)22(20)24(28)29/h5-10,12,16,19,26H,3-4,11,13-14H2,1-2H3,(H,28,29)/b6-5-/t16-,19-/m1/s1. The summed E-state index contributed by atoms with van der Waals surface area (Å²) in [6.45, 7) is 6.71. The summed E-state index contributed by atoms with van der Waals surface area (Å²) in [4.78, 5) is 14.0. The molecule has 2 aliphatic rings. The molecule has 9 heteroatoms. The van der Waals surface area contributed by atoms with Crippen LogP contribution in [0.15, 0.2) is 41.3 Å². The summed E-state index contributed by atoms with van der Waals surface area (Å²) in [6, 6.07) is 6.58. The Bertz CT molecular complexity index is 1210. The summed E-state index contributed by atoms with van der Waals surface area (Å²) in [5, 5.41) is 9.81. The molecule has 0 radical (unpaired) electrons. The lowest BCUT2D eigenvalue weighted by Gasteiger charge is -2.21. The predicted molar refractivity (Wildman–Crippen MR) is 124 cm³/mol. The molecule has 1 aliphatic heterocycles. The minimum absolute atomic E-state index is 0.0808. The van der Waals surface area contributed by atoms with Crippen molar-refractivity contribution in [3.05, 3.63) is 58.9 Å². The Morgan fingerprint density at radius 2 is 2.03 bits per heavy atom. The van der Waals surface area contributed by atoms with Crippen LogP contribution in [0.2, 0.25) is 0 Å². The largest absolute Gasteiger partial charge is 0.492 e. The molecule has 33 heavy (non-hydrogen) atoms. The van der Waals surface area contributed by atoms with Crippen LogP contribution in [0.25, 0.3) is 6.08 Å². The van der Waals surface area contributed by atoms with Crippen molar-refractivity contribution in [1.29, 1.82) is 0 Å². The predicted octanol–water partition coefficient (Wildman–Crippen LogP) is 4.18. The van der Waals surface area contributed by atoms with E-state index in [1.54, 1.807) is 18.2 Å². The number of nitrogens with zero attached hydrogens (tertiary/aromatic N) is 1. The number of fused-ring (bicyclic) bond motifs is 3. The number of aromatic carboxylic acids is 1. The van der Waals surface area contributed by atoms with E-state index in [0.717, 1.165) is 37.2 Å². The Kier molecular flexibility index (Phi) is 6.45. The van der Waals surface area contributed by atoms with Gasteiger partial charge in [-0.25, -0.2) is 17.6 Å². The van der Waals surface area contributed by atoms with Crippen molar-refractivity contribution >= 4 is 27.8 Å². The summed E-state index contributed by atoms with van der Waals surface area (Å²) in [7, 11) is -4.21. The second kappa shape index (κ2) is 9.15. The molecule has 2 aromatic carbocycles. The zero-order chi connectivity index (χ0) is 23.8. The van der Waals surface area contributed by atoms with Crippen LogP contribution in [0.4, 0.5) is 10.1 Å². The van der Waals surface area contributed by atoms with Crippen molar-refractivity contribution in [1.82, 2.24) is 4.90 Å². The maximum atomic E-state index is 13.9. The highest BCUT2D eigenvalue weighted by Crippen LogP contribution is 2.55. The number of carboxylic acid groups (broad SMARTS) is 1. The van der Waals surface area contributed by atoms with Gasteiger partial charge >= 0.3 is 5.97 Å². The summed E-state index contributed by atoms with van der Waals surface area (Å²) in [5.41, 5.74) is 0.694. The zero-order valence-electron chi connectivity index (χ0n) is 18.5. The summed E-state index contributed by atoms with van der Waals surface area (Å²) in [6.07, 6.45) is 4.29. The van der Waals surface area contributed by atoms with Crippen LogP contribution in [0.3, 0.4) is 0 Å². The highest BCUT2D eigenvalue weighted by molar-refractivity contribution is 7.92. The molecule has 7 nitrogen and oxygen atoms in total. The van der Waals surface area contributed by atoms with Gasteiger partial charge in [0.1, 0.15) is 17.1 Å². The summed E-state index contributed by atoms with van der Waals surface area (Å²) in [5.74, 6) is -0.963. The number of hydrogen-bond acceptors (Lipinski definition) is 5. The average Bonchev–Trinajstić information content (AvgIpc) is 3.56. The third kappa shape index (κ3) is 4.74. The number of rotatable bonds is 9. The fourth-order valence-corrected chi connectivity index (χ4v) is 5.51. The third-order valence-electron chi connectivity index (χ3n) is 6.23. The van der Waals surface area contributed by atoms with Gasteiger partial charge < -0.3 is 14.7 Å². The molecule has 0 bridgehead atoms. The van der Waals surface area contributed by atoms with Crippen molar-refractivity contribution in [2.75, 3.05) is 31.0 Å². The molecule has 4 rings (SSSR count). The number of anilines is 1. The molecule has 0 amide bonds. The maximum Gasteiger partial charge on any atom is 0.341 e. The molecule has 2 atom stereocenters. The molecule has 0 spiro atoms. The van der Waals surface area contributed by atoms with Crippen LogP contribution < -0.4 is 9.46 Å². The van der Waals surface area contributed by atoms with Gasteiger partial charge in [-0.05, 0) is 60.8 Å². The molecule has 1 aliphatic carbocycles.